The molecule has 0 spiro atoms. The monoisotopic (exact) mass is 439 g/mol. The first-order valence-corrected chi connectivity index (χ1v) is 11.5. The number of para-hydroxylation sites is 1. The molecule has 1 aromatic heterocycles. The number of fused-ring (bicyclic) bond motifs is 1. The van der Waals surface area contributed by atoms with Crippen molar-refractivity contribution >= 4 is 16.0 Å². The number of benzene rings is 2. The molecule has 0 amide bonds. The molecule has 3 aromatic rings. The molecule has 162 valence electrons. The number of carboxylic acids is 1. The zero-order chi connectivity index (χ0) is 22.4. The van der Waals surface area contributed by atoms with Gasteiger partial charge in [-0.25, -0.2) is 17.9 Å². The summed E-state index contributed by atoms with van der Waals surface area (Å²) in [4.78, 5) is 12.0. The van der Waals surface area contributed by atoms with Crippen molar-refractivity contribution in [2.24, 2.45) is 0 Å². The molecule has 0 fully saturated rings. The van der Waals surface area contributed by atoms with Gasteiger partial charge in [0.25, 0.3) is 0 Å². The average molecular weight is 440 g/mol. The zero-order valence-corrected chi connectivity index (χ0v) is 18.6. The van der Waals surface area contributed by atoms with Crippen LogP contribution in [0, 0.1) is 0 Å². The summed E-state index contributed by atoms with van der Waals surface area (Å²) in [7, 11) is -3.76. The van der Waals surface area contributed by atoms with Gasteiger partial charge in [0, 0.05) is 25.1 Å². The smallest absolute Gasteiger partial charge is 0.356 e. The van der Waals surface area contributed by atoms with Crippen LogP contribution < -0.4 is 0 Å². The Hall–Kier alpha value is -2.97. The number of aromatic carboxylic acids is 1. The highest BCUT2D eigenvalue weighted by Gasteiger charge is 2.34. The SMILES string of the molecule is CC(C)(C)c1ccc(S(=O)(=O)N2CCc3c(c(C(=O)O)nn3-c3ccccc3)C2)cc1. The molecule has 0 saturated heterocycles. The average Bonchev–Trinajstić information content (AvgIpc) is 3.13. The van der Waals surface area contributed by atoms with E-state index in [9.17, 15) is 18.3 Å². The van der Waals surface area contributed by atoms with E-state index in [1.807, 2.05) is 42.5 Å². The topological polar surface area (TPSA) is 92.5 Å². The van der Waals surface area contributed by atoms with Crippen LogP contribution in [0.15, 0.2) is 59.5 Å². The lowest BCUT2D eigenvalue weighted by Crippen LogP contribution is -2.36. The van der Waals surface area contributed by atoms with Crippen LogP contribution in [0.5, 0.6) is 0 Å². The van der Waals surface area contributed by atoms with Gasteiger partial charge in [0.15, 0.2) is 5.69 Å². The Morgan fingerprint density at radius 1 is 1.03 bits per heavy atom. The minimum Gasteiger partial charge on any atom is -0.476 e. The first-order chi connectivity index (χ1) is 14.6. The van der Waals surface area contributed by atoms with Crippen LogP contribution in [0.4, 0.5) is 0 Å². The number of sulfonamides is 1. The number of hydrogen-bond donors (Lipinski definition) is 1. The maximum atomic E-state index is 13.3. The predicted octanol–water partition coefficient (Wildman–Crippen LogP) is 3.62. The van der Waals surface area contributed by atoms with Gasteiger partial charge in [-0.1, -0.05) is 51.1 Å². The van der Waals surface area contributed by atoms with Crippen LogP contribution >= 0.6 is 0 Å². The zero-order valence-electron chi connectivity index (χ0n) is 17.7. The van der Waals surface area contributed by atoms with Gasteiger partial charge < -0.3 is 5.11 Å². The highest BCUT2D eigenvalue weighted by atomic mass is 32.2. The molecule has 2 aromatic carbocycles. The molecule has 2 heterocycles. The predicted molar refractivity (Wildman–Crippen MR) is 117 cm³/mol. The number of aromatic nitrogens is 2. The standard InChI is InChI=1S/C23H25N3O4S/c1-23(2,3)16-9-11-18(12-10-16)31(29,30)25-14-13-20-19(15-25)21(22(27)28)24-26(20)17-7-5-4-6-8-17/h4-12H,13-15H2,1-3H3,(H,27,28). The van der Waals surface area contributed by atoms with Crippen LogP contribution in [0.25, 0.3) is 5.69 Å². The van der Waals surface area contributed by atoms with Gasteiger partial charge in [-0.2, -0.15) is 9.40 Å². The Morgan fingerprint density at radius 2 is 1.68 bits per heavy atom. The van der Waals surface area contributed by atoms with Crippen molar-refractivity contribution in [3.63, 3.8) is 0 Å². The molecule has 4 rings (SSSR count). The summed E-state index contributed by atoms with van der Waals surface area (Å²) in [5.41, 5.74) is 2.78. The fraction of sp³-hybridized carbons (Fsp3) is 0.304. The summed E-state index contributed by atoms with van der Waals surface area (Å²) in [6.07, 6.45) is 0.379. The fourth-order valence-corrected chi connectivity index (χ4v) is 5.24. The van der Waals surface area contributed by atoms with E-state index in [0.717, 1.165) is 16.9 Å². The minimum atomic E-state index is -3.76. The van der Waals surface area contributed by atoms with Crippen LogP contribution in [0.2, 0.25) is 0 Å². The fourth-order valence-electron chi connectivity index (χ4n) is 3.83. The van der Waals surface area contributed by atoms with Gasteiger partial charge in [-0.15, -0.1) is 0 Å². The summed E-state index contributed by atoms with van der Waals surface area (Å²) in [6.45, 7) is 6.45. The van der Waals surface area contributed by atoms with E-state index in [1.165, 1.54) is 4.31 Å². The molecule has 0 saturated carbocycles. The van der Waals surface area contributed by atoms with Crippen molar-refractivity contribution in [3.05, 3.63) is 77.1 Å². The van der Waals surface area contributed by atoms with Crippen molar-refractivity contribution in [1.29, 1.82) is 0 Å². The lowest BCUT2D eigenvalue weighted by Gasteiger charge is -2.27. The summed E-state index contributed by atoms with van der Waals surface area (Å²) < 4.78 is 29.5. The highest BCUT2D eigenvalue weighted by Crippen LogP contribution is 2.30. The van der Waals surface area contributed by atoms with Gasteiger partial charge in [0.05, 0.1) is 16.3 Å². The van der Waals surface area contributed by atoms with Crippen LogP contribution in [0.1, 0.15) is 48.1 Å². The Morgan fingerprint density at radius 3 is 2.26 bits per heavy atom. The van der Waals surface area contributed by atoms with Crippen molar-refractivity contribution in [1.82, 2.24) is 14.1 Å². The molecule has 0 bridgehead atoms. The van der Waals surface area contributed by atoms with Crippen molar-refractivity contribution in [2.45, 2.75) is 44.0 Å². The normalized spacial score (nSPS) is 14.9. The summed E-state index contributed by atoms with van der Waals surface area (Å²) >= 11 is 0. The quantitative estimate of drug-likeness (QED) is 0.670. The number of hydrogen-bond acceptors (Lipinski definition) is 4. The number of rotatable bonds is 4. The molecular formula is C23H25N3O4S. The van der Waals surface area contributed by atoms with Gasteiger partial charge in [-0.05, 0) is 35.2 Å². The maximum Gasteiger partial charge on any atom is 0.356 e. The van der Waals surface area contributed by atoms with Gasteiger partial charge in [0.2, 0.25) is 10.0 Å². The lowest BCUT2D eigenvalue weighted by molar-refractivity contribution is 0.0688. The van der Waals surface area contributed by atoms with Crippen molar-refractivity contribution < 1.29 is 18.3 Å². The van der Waals surface area contributed by atoms with Crippen LogP contribution in [-0.4, -0.2) is 40.1 Å². The van der Waals surface area contributed by atoms with E-state index >= 15 is 0 Å². The first kappa shape index (κ1) is 21.3. The third-order valence-corrected chi connectivity index (χ3v) is 7.44. The highest BCUT2D eigenvalue weighted by molar-refractivity contribution is 7.89. The number of carboxylic acid groups (broad SMARTS) is 1. The van der Waals surface area contributed by atoms with Crippen LogP contribution in [-0.2, 0) is 28.4 Å². The molecule has 1 aliphatic rings. The Bertz CT molecular complexity index is 1220. The van der Waals surface area contributed by atoms with E-state index < -0.39 is 16.0 Å². The molecular weight excluding hydrogens is 414 g/mol. The maximum absolute atomic E-state index is 13.3. The molecule has 1 N–H and O–H groups in total. The van der Waals surface area contributed by atoms with E-state index in [4.69, 9.17) is 0 Å². The molecule has 0 aliphatic carbocycles. The largest absolute Gasteiger partial charge is 0.476 e. The molecule has 0 atom stereocenters. The van der Waals surface area contributed by atoms with E-state index in [-0.39, 0.29) is 29.1 Å². The van der Waals surface area contributed by atoms with E-state index in [2.05, 4.69) is 25.9 Å². The van der Waals surface area contributed by atoms with E-state index in [1.54, 1.807) is 16.8 Å². The summed E-state index contributed by atoms with van der Waals surface area (Å²) in [5.74, 6) is -1.17. The third kappa shape index (κ3) is 3.88. The molecule has 8 heteroatoms. The first-order valence-electron chi connectivity index (χ1n) is 10.1. The third-order valence-electron chi connectivity index (χ3n) is 5.58. The Kier molecular flexibility index (Phi) is 5.23. The molecule has 1 aliphatic heterocycles. The van der Waals surface area contributed by atoms with Gasteiger partial charge >= 0.3 is 5.97 Å². The van der Waals surface area contributed by atoms with E-state index in [0.29, 0.717) is 12.0 Å². The second kappa shape index (κ2) is 7.62. The molecule has 31 heavy (non-hydrogen) atoms. The molecule has 0 unspecified atom stereocenters. The van der Waals surface area contributed by atoms with Gasteiger partial charge in [-0.3, -0.25) is 0 Å². The summed E-state index contributed by atoms with van der Waals surface area (Å²) in [5, 5.41) is 14.0. The van der Waals surface area contributed by atoms with Crippen molar-refractivity contribution in [2.75, 3.05) is 6.54 Å². The second-order valence-corrected chi connectivity index (χ2v) is 10.6. The molecule has 7 nitrogen and oxygen atoms in total. The minimum absolute atomic E-state index is 0.0207. The number of nitrogens with zero attached hydrogens (tertiary/aromatic N) is 3. The van der Waals surface area contributed by atoms with Gasteiger partial charge in [0.1, 0.15) is 0 Å². The Labute approximate surface area is 182 Å². The van der Waals surface area contributed by atoms with Crippen molar-refractivity contribution in [3.8, 4) is 5.69 Å². The van der Waals surface area contributed by atoms with Crippen LogP contribution in [0.3, 0.4) is 0 Å². The lowest BCUT2D eigenvalue weighted by atomic mass is 9.87. The molecule has 0 radical (unpaired) electrons. The number of carbonyl (C=O) groups is 1. The summed E-state index contributed by atoms with van der Waals surface area (Å²) in [6, 6.07) is 16.2. The second-order valence-electron chi connectivity index (χ2n) is 8.69. The Balaban J connectivity index is 1.70.